The van der Waals surface area contributed by atoms with Gasteiger partial charge in [0.05, 0.1) is 28.9 Å². The molecule has 3 aromatic rings. The third kappa shape index (κ3) is 2.66. The number of fused-ring (bicyclic) bond motifs is 1. The van der Waals surface area contributed by atoms with Crippen LogP contribution in [-0.2, 0) is 13.1 Å². The molecule has 0 bridgehead atoms. The van der Waals surface area contributed by atoms with E-state index in [0.29, 0.717) is 24.0 Å². The summed E-state index contributed by atoms with van der Waals surface area (Å²) < 4.78 is 3.38. The molecule has 0 N–H and O–H groups in total. The molecule has 2 aromatic carbocycles. The molecule has 116 valence electrons. The van der Waals surface area contributed by atoms with Crippen molar-refractivity contribution in [2.75, 3.05) is 0 Å². The van der Waals surface area contributed by atoms with E-state index in [0.717, 1.165) is 5.56 Å². The van der Waals surface area contributed by atoms with Crippen LogP contribution in [0.15, 0.2) is 66.0 Å². The van der Waals surface area contributed by atoms with Crippen molar-refractivity contribution in [2.24, 2.45) is 0 Å². The molecule has 0 aliphatic carbocycles. The molecule has 0 saturated heterocycles. The summed E-state index contributed by atoms with van der Waals surface area (Å²) in [5.41, 5.74) is 1.32. The van der Waals surface area contributed by atoms with Crippen molar-refractivity contribution < 1.29 is 4.92 Å². The molecular weight excluding hydrogens is 294 g/mol. The Morgan fingerprint density at radius 3 is 2.52 bits per heavy atom. The minimum absolute atomic E-state index is 0.0859. The van der Waals surface area contributed by atoms with E-state index in [1.165, 1.54) is 12.1 Å². The summed E-state index contributed by atoms with van der Waals surface area (Å²) >= 11 is 0. The first-order valence-corrected chi connectivity index (χ1v) is 7.14. The molecule has 0 spiro atoms. The molecule has 6 nitrogen and oxygen atoms in total. The summed E-state index contributed by atoms with van der Waals surface area (Å²) in [5.74, 6) is 0. The highest BCUT2D eigenvalue weighted by Crippen LogP contribution is 2.19. The molecule has 0 unspecified atom stereocenters. The van der Waals surface area contributed by atoms with E-state index in [9.17, 15) is 14.9 Å². The summed E-state index contributed by atoms with van der Waals surface area (Å²) in [4.78, 5) is 23.1. The maximum atomic E-state index is 12.7. The van der Waals surface area contributed by atoms with Gasteiger partial charge in [0, 0.05) is 12.1 Å². The zero-order valence-electron chi connectivity index (χ0n) is 12.4. The lowest BCUT2D eigenvalue weighted by molar-refractivity contribution is -0.384. The van der Waals surface area contributed by atoms with Gasteiger partial charge in [-0.25, -0.2) is 4.68 Å². The number of rotatable bonds is 5. The maximum Gasteiger partial charge on any atom is 0.275 e. The summed E-state index contributed by atoms with van der Waals surface area (Å²) in [6, 6.07) is 14.0. The Hall–Kier alpha value is -3.15. The average Bonchev–Trinajstić information content (AvgIpc) is 2.81. The number of non-ortho nitro benzene ring substituents is 1. The van der Waals surface area contributed by atoms with Gasteiger partial charge in [0.25, 0.3) is 11.2 Å². The normalized spacial score (nSPS) is 10.8. The average molecular weight is 309 g/mol. The monoisotopic (exact) mass is 309 g/mol. The largest absolute Gasteiger partial charge is 0.278 e. The Morgan fingerprint density at radius 1 is 1.13 bits per heavy atom. The highest BCUT2D eigenvalue weighted by Gasteiger charge is 2.16. The molecule has 23 heavy (non-hydrogen) atoms. The lowest BCUT2D eigenvalue weighted by Gasteiger charge is -2.10. The van der Waals surface area contributed by atoms with E-state index in [4.69, 9.17) is 0 Å². The third-order valence-electron chi connectivity index (χ3n) is 3.70. The molecule has 0 radical (unpaired) electrons. The number of nitrogens with zero attached hydrogens (tertiary/aromatic N) is 3. The molecule has 0 saturated carbocycles. The van der Waals surface area contributed by atoms with E-state index in [2.05, 4.69) is 6.58 Å². The number of allylic oxidation sites excluding steroid dienone is 1. The van der Waals surface area contributed by atoms with Crippen molar-refractivity contribution in [3.05, 3.63) is 87.2 Å². The Balaban J connectivity index is 2.21. The summed E-state index contributed by atoms with van der Waals surface area (Å²) in [6.45, 7) is 4.57. The highest BCUT2D eigenvalue weighted by molar-refractivity contribution is 5.81. The summed E-state index contributed by atoms with van der Waals surface area (Å²) in [5, 5.41) is 11.3. The van der Waals surface area contributed by atoms with Gasteiger partial charge in [-0.1, -0.05) is 36.4 Å². The van der Waals surface area contributed by atoms with Crippen molar-refractivity contribution in [1.82, 2.24) is 9.36 Å². The minimum Gasteiger partial charge on any atom is -0.278 e. The number of aromatic nitrogens is 2. The molecule has 1 heterocycles. The molecular formula is C17H15N3O3. The van der Waals surface area contributed by atoms with Crippen LogP contribution in [0.3, 0.4) is 0 Å². The van der Waals surface area contributed by atoms with Crippen LogP contribution in [0, 0.1) is 10.1 Å². The zero-order chi connectivity index (χ0) is 16.4. The molecule has 0 fully saturated rings. The fraction of sp³-hybridized carbons (Fsp3) is 0.118. The first-order chi connectivity index (χ1) is 11.1. The minimum atomic E-state index is -0.495. The van der Waals surface area contributed by atoms with E-state index in [1.807, 2.05) is 30.3 Å². The second-order valence-corrected chi connectivity index (χ2v) is 5.18. The molecule has 1 aromatic heterocycles. The van der Waals surface area contributed by atoms with Gasteiger partial charge in [-0.05, 0) is 11.6 Å². The molecule has 6 heteroatoms. The molecule has 3 rings (SSSR count). The van der Waals surface area contributed by atoms with Crippen LogP contribution < -0.4 is 5.56 Å². The fourth-order valence-corrected chi connectivity index (χ4v) is 2.65. The predicted molar refractivity (Wildman–Crippen MR) is 88.6 cm³/mol. The highest BCUT2D eigenvalue weighted by atomic mass is 16.6. The van der Waals surface area contributed by atoms with Crippen LogP contribution >= 0.6 is 0 Å². The van der Waals surface area contributed by atoms with E-state index < -0.39 is 4.92 Å². The lowest BCUT2D eigenvalue weighted by Crippen LogP contribution is -2.23. The summed E-state index contributed by atoms with van der Waals surface area (Å²) in [7, 11) is 0. The van der Waals surface area contributed by atoms with Crippen molar-refractivity contribution in [3.63, 3.8) is 0 Å². The molecule has 0 aliphatic heterocycles. The van der Waals surface area contributed by atoms with Gasteiger partial charge in [-0.15, -0.1) is 6.58 Å². The van der Waals surface area contributed by atoms with Crippen LogP contribution in [0.1, 0.15) is 5.56 Å². The van der Waals surface area contributed by atoms with E-state index in [1.54, 1.807) is 21.5 Å². The zero-order valence-corrected chi connectivity index (χ0v) is 12.4. The second-order valence-electron chi connectivity index (χ2n) is 5.18. The first-order valence-electron chi connectivity index (χ1n) is 7.14. The van der Waals surface area contributed by atoms with Crippen LogP contribution in [0.25, 0.3) is 10.9 Å². The predicted octanol–water partition coefficient (Wildman–Crippen LogP) is 2.95. The Labute approximate surface area is 132 Å². The van der Waals surface area contributed by atoms with E-state index >= 15 is 0 Å². The number of hydrogen-bond donors (Lipinski definition) is 0. The topological polar surface area (TPSA) is 70.1 Å². The van der Waals surface area contributed by atoms with Crippen molar-refractivity contribution in [1.29, 1.82) is 0 Å². The van der Waals surface area contributed by atoms with Gasteiger partial charge in [-0.2, -0.15) is 0 Å². The quantitative estimate of drug-likeness (QED) is 0.413. The Morgan fingerprint density at radius 2 is 1.87 bits per heavy atom. The summed E-state index contributed by atoms with van der Waals surface area (Å²) in [6.07, 6.45) is 1.70. The first kappa shape index (κ1) is 14.8. The molecule has 0 amide bonds. The Bertz CT molecular complexity index is 939. The SMILES string of the molecule is C=CCn1c2ccc([N+](=O)[O-])cc2c(=O)n1Cc1ccccc1. The lowest BCUT2D eigenvalue weighted by atomic mass is 10.2. The third-order valence-corrected chi connectivity index (χ3v) is 3.70. The maximum absolute atomic E-state index is 12.7. The Kier molecular flexibility index (Phi) is 3.80. The van der Waals surface area contributed by atoms with Gasteiger partial charge in [0.15, 0.2) is 0 Å². The number of hydrogen-bond acceptors (Lipinski definition) is 3. The van der Waals surface area contributed by atoms with Crippen molar-refractivity contribution in [3.8, 4) is 0 Å². The van der Waals surface area contributed by atoms with Gasteiger partial charge in [0.1, 0.15) is 0 Å². The van der Waals surface area contributed by atoms with Crippen LogP contribution in [0.4, 0.5) is 5.69 Å². The standard InChI is InChI=1S/C17H15N3O3/c1-2-10-18-16-9-8-14(20(22)23)11-15(16)17(21)19(18)12-13-6-4-3-5-7-13/h2-9,11H,1,10,12H2. The number of benzene rings is 2. The molecule has 0 atom stereocenters. The van der Waals surface area contributed by atoms with Gasteiger partial charge >= 0.3 is 0 Å². The number of nitro groups is 1. The molecule has 0 aliphatic rings. The van der Waals surface area contributed by atoms with E-state index in [-0.39, 0.29) is 11.2 Å². The van der Waals surface area contributed by atoms with Crippen LogP contribution in [0.5, 0.6) is 0 Å². The fourth-order valence-electron chi connectivity index (χ4n) is 2.65. The second kappa shape index (κ2) is 5.92. The smallest absolute Gasteiger partial charge is 0.275 e. The van der Waals surface area contributed by atoms with Gasteiger partial charge in [-0.3, -0.25) is 19.6 Å². The number of nitro benzene ring substituents is 1. The van der Waals surface area contributed by atoms with Crippen molar-refractivity contribution in [2.45, 2.75) is 13.1 Å². The van der Waals surface area contributed by atoms with Gasteiger partial charge < -0.3 is 0 Å². The van der Waals surface area contributed by atoms with Gasteiger partial charge in [0.2, 0.25) is 0 Å². The van der Waals surface area contributed by atoms with Crippen LogP contribution in [-0.4, -0.2) is 14.3 Å². The van der Waals surface area contributed by atoms with Crippen molar-refractivity contribution >= 4 is 16.6 Å². The van der Waals surface area contributed by atoms with Crippen LogP contribution in [0.2, 0.25) is 0 Å².